The van der Waals surface area contributed by atoms with Crippen molar-refractivity contribution < 1.29 is 28.5 Å². The molecule has 0 N–H and O–H groups in total. The first kappa shape index (κ1) is 25.7. The summed E-state index contributed by atoms with van der Waals surface area (Å²) in [6.45, 7) is 8.90. The Morgan fingerprint density at radius 2 is 1.81 bits per heavy atom. The van der Waals surface area contributed by atoms with Crippen LogP contribution in [0.4, 0.5) is 5.69 Å². The number of esters is 1. The Kier molecular flexibility index (Phi) is 9.11. The van der Waals surface area contributed by atoms with Gasteiger partial charge in [-0.1, -0.05) is 0 Å². The van der Waals surface area contributed by atoms with Gasteiger partial charge in [0, 0.05) is 25.8 Å². The van der Waals surface area contributed by atoms with Gasteiger partial charge in [-0.05, 0) is 44.9 Å². The highest BCUT2D eigenvalue weighted by molar-refractivity contribution is 7.63. The van der Waals surface area contributed by atoms with E-state index in [4.69, 9.17) is 22.1 Å². The Balaban J connectivity index is 2.29. The van der Waals surface area contributed by atoms with Crippen molar-refractivity contribution in [2.45, 2.75) is 46.4 Å². The van der Waals surface area contributed by atoms with Gasteiger partial charge in [0.25, 0.3) is 5.69 Å². The Morgan fingerprint density at radius 1 is 1.22 bits per heavy atom. The SMILES string of the molecule is CC[N+](CC)(CC)C1CC(=O)N1/C(C(=O)OCc1ccc([N+](=O)[O-])cc1)=C(/[S-])CCOC. The number of non-ortho nitro benzene ring substituents is 1. The number of hydrogen-bond acceptors (Lipinski definition) is 7. The number of β-lactam (4-membered cyclic amide) rings is 1. The van der Waals surface area contributed by atoms with E-state index < -0.39 is 10.9 Å². The van der Waals surface area contributed by atoms with Gasteiger partial charge in [-0.15, -0.1) is 0 Å². The number of rotatable bonds is 12. The molecule has 1 aromatic rings. The number of quaternary nitrogens is 1. The summed E-state index contributed by atoms with van der Waals surface area (Å²) in [5, 5.41) is 10.8. The van der Waals surface area contributed by atoms with E-state index in [0.717, 1.165) is 19.6 Å². The molecule has 176 valence electrons. The Morgan fingerprint density at radius 3 is 2.28 bits per heavy atom. The highest BCUT2D eigenvalue weighted by atomic mass is 32.1. The number of nitrogens with zero attached hydrogens (tertiary/aromatic N) is 3. The van der Waals surface area contributed by atoms with E-state index in [1.54, 1.807) is 7.11 Å². The van der Waals surface area contributed by atoms with Crippen molar-refractivity contribution in [3.05, 3.63) is 50.5 Å². The van der Waals surface area contributed by atoms with E-state index in [1.165, 1.54) is 29.2 Å². The third-order valence-electron chi connectivity index (χ3n) is 6.19. The van der Waals surface area contributed by atoms with Gasteiger partial charge >= 0.3 is 5.97 Å². The van der Waals surface area contributed by atoms with Gasteiger partial charge in [-0.3, -0.25) is 19.8 Å². The van der Waals surface area contributed by atoms with Crippen LogP contribution in [0.2, 0.25) is 0 Å². The number of nitro benzene ring substituents is 1. The predicted octanol–water partition coefficient (Wildman–Crippen LogP) is 2.87. The zero-order valence-corrected chi connectivity index (χ0v) is 19.9. The van der Waals surface area contributed by atoms with Crippen molar-refractivity contribution >= 4 is 30.2 Å². The monoisotopic (exact) mass is 465 g/mol. The highest BCUT2D eigenvalue weighted by Gasteiger charge is 2.51. The van der Waals surface area contributed by atoms with Crippen molar-refractivity contribution in [2.75, 3.05) is 33.4 Å². The molecule has 0 bridgehead atoms. The molecule has 10 heteroatoms. The fourth-order valence-electron chi connectivity index (χ4n) is 4.01. The van der Waals surface area contributed by atoms with E-state index in [0.29, 0.717) is 34.4 Å². The minimum atomic E-state index is -0.677. The molecule has 2 rings (SSSR count). The first-order valence-electron chi connectivity index (χ1n) is 10.7. The zero-order valence-electron chi connectivity index (χ0n) is 19.0. The Hall–Kier alpha value is -2.56. The van der Waals surface area contributed by atoms with E-state index >= 15 is 0 Å². The minimum Gasteiger partial charge on any atom is -0.782 e. The van der Waals surface area contributed by atoms with Crippen LogP contribution < -0.4 is 0 Å². The largest absolute Gasteiger partial charge is 0.782 e. The Labute approximate surface area is 194 Å². The van der Waals surface area contributed by atoms with Crippen LogP contribution in [0.1, 0.15) is 39.2 Å². The van der Waals surface area contributed by atoms with Crippen LogP contribution in [0.5, 0.6) is 0 Å². The van der Waals surface area contributed by atoms with Gasteiger partial charge in [0.1, 0.15) is 18.7 Å². The summed E-state index contributed by atoms with van der Waals surface area (Å²) < 4.78 is 11.3. The second-order valence-electron chi connectivity index (χ2n) is 7.63. The summed E-state index contributed by atoms with van der Waals surface area (Å²) >= 11 is 5.51. The molecular formula is C22H31N3O6S. The lowest BCUT2D eigenvalue weighted by atomic mass is 10.0. The summed E-state index contributed by atoms with van der Waals surface area (Å²) in [5.41, 5.74) is 0.645. The van der Waals surface area contributed by atoms with Gasteiger partial charge in [0.2, 0.25) is 5.91 Å². The van der Waals surface area contributed by atoms with Gasteiger partial charge in [0.15, 0.2) is 6.17 Å². The molecule has 0 aliphatic carbocycles. The van der Waals surface area contributed by atoms with Crippen molar-refractivity contribution in [1.29, 1.82) is 0 Å². The molecule has 1 amide bonds. The van der Waals surface area contributed by atoms with Crippen molar-refractivity contribution in [3.8, 4) is 0 Å². The number of benzene rings is 1. The maximum absolute atomic E-state index is 13.1. The molecule has 1 unspecified atom stereocenters. The van der Waals surface area contributed by atoms with Crippen molar-refractivity contribution in [3.63, 3.8) is 0 Å². The van der Waals surface area contributed by atoms with Crippen LogP contribution in [-0.4, -0.2) is 65.7 Å². The minimum absolute atomic E-state index is 0.0464. The topological polar surface area (TPSA) is 99.0 Å². The third-order valence-corrected chi connectivity index (χ3v) is 6.59. The zero-order chi connectivity index (χ0) is 23.9. The van der Waals surface area contributed by atoms with E-state index in [-0.39, 0.29) is 30.1 Å². The molecule has 1 heterocycles. The van der Waals surface area contributed by atoms with E-state index in [1.807, 2.05) is 0 Å². The lowest BCUT2D eigenvalue weighted by Gasteiger charge is -2.53. The lowest BCUT2D eigenvalue weighted by Crippen LogP contribution is -2.70. The number of amides is 1. The molecular weight excluding hydrogens is 434 g/mol. The average Bonchev–Trinajstić information content (AvgIpc) is 2.80. The maximum atomic E-state index is 13.1. The summed E-state index contributed by atoms with van der Waals surface area (Å²) in [4.78, 5) is 37.9. The molecule has 9 nitrogen and oxygen atoms in total. The molecule has 0 radical (unpaired) electrons. The molecule has 0 aromatic heterocycles. The summed E-state index contributed by atoms with van der Waals surface area (Å²) in [6, 6.07) is 5.75. The smallest absolute Gasteiger partial charge is 0.353 e. The summed E-state index contributed by atoms with van der Waals surface area (Å²) in [7, 11) is 1.54. The number of carbonyl (C=O) groups is 2. The molecule has 1 saturated heterocycles. The predicted molar refractivity (Wildman–Crippen MR) is 121 cm³/mol. The van der Waals surface area contributed by atoms with Crippen molar-refractivity contribution in [2.24, 2.45) is 0 Å². The van der Waals surface area contributed by atoms with Gasteiger partial charge in [-0.2, -0.15) is 4.91 Å². The van der Waals surface area contributed by atoms with E-state index in [2.05, 4.69) is 20.8 Å². The van der Waals surface area contributed by atoms with Gasteiger partial charge < -0.3 is 26.6 Å². The van der Waals surface area contributed by atoms with Crippen molar-refractivity contribution in [1.82, 2.24) is 4.90 Å². The normalized spacial score (nSPS) is 16.9. The molecule has 1 aliphatic rings. The second-order valence-corrected chi connectivity index (χ2v) is 8.12. The Bertz CT molecular complexity index is 859. The standard InChI is InChI=1S/C22H31N3O6S/c1-5-25(6-2,7-3)19-14-20(26)23(19)21(18(32)12-13-30-4)22(27)31-15-16-8-10-17(11-9-16)24(28)29/h8-11,19H,5-7,12-15H2,1-4H3. The number of methoxy groups -OCH3 is 1. The van der Waals surface area contributed by atoms with Crippen LogP contribution in [-0.2, 0) is 38.3 Å². The summed E-state index contributed by atoms with van der Waals surface area (Å²) in [6.07, 6.45) is 0.487. The first-order chi connectivity index (χ1) is 15.2. The number of nitro groups is 1. The molecule has 1 atom stereocenters. The molecule has 1 aromatic carbocycles. The fourth-order valence-corrected chi connectivity index (χ4v) is 4.27. The highest BCUT2D eigenvalue weighted by Crippen LogP contribution is 2.35. The van der Waals surface area contributed by atoms with Crippen LogP contribution in [0, 0.1) is 10.1 Å². The lowest BCUT2D eigenvalue weighted by molar-refractivity contribution is -0.958. The maximum Gasteiger partial charge on any atom is 0.353 e. The van der Waals surface area contributed by atoms with Gasteiger partial charge in [-0.25, -0.2) is 4.79 Å². The third kappa shape index (κ3) is 5.43. The molecule has 1 fully saturated rings. The quantitative estimate of drug-likeness (QED) is 0.0890. The molecule has 32 heavy (non-hydrogen) atoms. The average molecular weight is 466 g/mol. The van der Waals surface area contributed by atoms with E-state index in [9.17, 15) is 19.7 Å². The van der Waals surface area contributed by atoms with Crippen LogP contribution in [0.15, 0.2) is 34.9 Å². The number of carbonyl (C=O) groups excluding carboxylic acids is 2. The number of likely N-dealkylation sites (tertiary alicyclic amines) is 1. The number of ether oxygens (including phenoxy) is 2. The van der Waals surface area contributed by atoms with Crippen LogP contribution >= 0.6 is 0 Å². The van der Waals surface area contributed by atoms with Crippen LogP contribution in [0.3, 0.4) is 0 Å². The molecule has 1 aliphatic heterocycles. The molecule has 0 saturated carbocycles. The second kappa shape index (κ2) is 11.3. The first-order valence-corrected chi connectivity index (χ1v) is 11.1. The number of hydrogen-bond donors (Lipinski definition) is 0. The fraction of sp³-hybridized carbons (Fsp3) is 0.545. The molecule has 0 spiro atoms. The van der Waals surface area contributed by atoms with Crippen LogP contribution in [0.25, 0.3) is 0 Å². The summed E-state index contributed by atoms with van der Waals surface area (Å²) in [5.74, 6) is -0.834. The van der Waals surface area contributed by atoms with Gasteiger partial charge in [0.05, 0.1) is 24.6 Å².